The van der Waals surface area contributed by atoms with Crippen LogP contribution in [0.1, 0.15) is 27.7 Å². The maximum atomic E-state index is 10.6. The number of hydrogen-bond donors (Lipinski definition) is 0. The van der Waals surface area contributed by atoms with Gasteiger partial charge in [0, 0.05) is 5.04 Å². The van der Waals surface area contributed by atoms with Crippen LogP contribution in [-0.2, 0) is 34.7 Å². The minimum absolute atomic E-state index is 0.245. The molecule has 8 heteroatoms. The number of carbonyl (C=O) groups is 1. The second-order valence-corrected chi connectivity index (χ2v) is 2.91. The summed E-state index contributed by atoms with van der Waals surface area (Å²) < 4.78 is 0. The molecule has 0 saturated carbocycles. The van der Waals surface area contributed by atoms with E-state index in [1.165, 1.54) is 0 Å². The fraction of sp³-hybridized carbons (Fsp3) is 0.857. The van der Waals surface area contributed by atoms with Crippen molar-refractivity contribution < 1.29 is 39.5 Å². The predicted octanol–water partition coefficient (Wildman–Crippen LogP) is 1.61. The summed E-state index contributed by atoms with van der Waals surface area (Å²) in [4.78, 5) is 27.2. The lowest BCUT2D eigenvalue weighted by atomic mass is 10.5. The van der Waals surface area contributed by atoms with E-state index >= 15 is 0 Å². The van der Waals surface area contributed by atoms with Crippen molar-refractivity contribution in [3.8, 4) is 0 Å². The summed E-state index contributed by atoms with van der Waals surface area (Å²) in [6.45, 7) is 6.71. The lowest BCUT2D eigenvalue weighted by molar-refractivity contribution is -0.631. The van der Waals surface area contributed by atoms with E-state index < -0.39 is 6.16 Å². The Balaban J connectivity index is 3.26. The molecule has 0 unspecified atom stereocenters. The molecule has 0 aliphatic heterocycles. The number of hydrogen-bond acceptors (Lipinski definition) is 8. The van der Waals surface area contributed by atoms with Crippen LogP contribution < -0.4 is 0 Å². The third-order valence-corrected chi connectivity index (χ3v) is 0.695. The van der Waals surface area contributed by atoms with Gasteiger partial charge in [-0.1, -0.05) is 0 Å². The SMILES string of the molecule is CC(C)OOOOC(=O)OOOC(C)C. The van der Waals surface area contributed by atoms with Crippen LogP contribution in [0.3, 0.4) is 0 Å². The van der Waals surface area contributed by atoms with Crippen LogP contribution in [0.5, 0.6) is 0 Å². The van der Waals surface area contributed by atoms with Crippen molar-refractivity contribution in [1.29, 1.82) is 0 Å². The fourth-order valence-corrected chi connectivity index (χ4v) is 0.276. The van der Waals surface area contributed by atoms with E-state index in [9.17, 15) is 4.79 Å². The quantitative estimate of drug-likeness (QED) is 0.368. The Hall–Kier alpha value is -0.930. The zero-order valence-corrected chi connectivity index (χ0v) is 8.92. The van der Waals surface area contributed by atoms with Gasteiger partial charge in [0.1, 0.15) is 0 Å². The summed E-state index contributed by atoms with van der Waals surface area (Å²) in [6.07, 6.45) is -1.81. The summed E-state index contributed by atoms with van der Waals surface area (Å²) >= 11 is 0. The zero-order valence-electron chi connectivity index (χ0n) is 8.92. The van der Waals surface area contributed by atoms with Crippen molar-refractivity contribution in [2.24, 2.45) is 0 Å². The van der Waals surface area contributed by atoms with Crippen LogP contribution in [0.25, 0.3) is 0 Å². The van der Waals surface area contributed by atoms with Crippen molar-refractivity contribution in [3.63, 3.8) is 0 Å². The van der Waals surface area contributed by atoms with Gasteiger partial charge in [0.2, 0.25) is 0 Å². The minimum atomic E-state index is -1.30. The molecule has 0 bridgehead atoms. The third kappa shape index (κ3) is 11.0. The van der Waals surface area contributed by atoms with Crippen molar-refractivity contribution in [2.45, 2.75) is 39.9 Å². The molecule has 90 valence electrons. The van der Waals surface area contributed by atoms with Crippen molar-refractivity contribution in [1.82, 2.24) is 0 Å². The highest BCUT2D eigenvalue weighted by molar-refractivity contribution is 5.57. The van der Waals surface area contributed by atoms with Crippen LogP contribution >= 0.6 is 0 Å². The molecule has 0 spiro atoms. The lowest BCUT2D eigenvalue weighted by Gasteiger charge is -2.04. The van der Waals surface area contributed by atoms with Gasteiger partial charge in [0.25, 0.3) is 0 Å². The van der Waals surface area contributed by atoms with Crippen LogP contribution in [0.15, 0.2) is 0 Å². The Kier molecular flexibility index (Phi) is 7.86. The van der Waals surface area contributed by atoms with E-state index in [2.05, 4.69) is 34.7 Å². The summed E-state index contributed by atoms with van der Waals surface area (Å²) in [5.41, 5.74) is 0. The Morgan fingerprint density at radius 1 is 0.800 bits per heavy atom. The molecule has 8 nitrogen and oxygen atoms in total. The van der Waals surface area contributed by atoms with Gasteiger partial charge < -0.3 is 0 Å². The Morgan fingerprint density at radius 3 is 1.80 bits per heavy atom. The molecule has 0 N–H and O–H groups in total. The molecule has 0 heterocycles. The first kappa shape index (κ1) is 14.1. The average Bonchev–Trinajstić information content (AvgIpc) is 2.11. The molecule has 0 aliphatic rings. The molecule has 0 fully saturated rings. The molecule has 0 aromatic heterocycles. The third-order valence-electron chi connectivity index (χ3n) is 0.695. The maximum Gasteiger partial charge on any atom is 0.577 e. The number of carbonyl (C=O) groups excluding carboxylic acids is 1. The highest BCUT2D eigenvalue weighted by atomic mass is 17.7. The van der Waals surface area contributed by atoms with E-state index in [1.54, 1.807) is 27.7 Å². The first-order chi connectivity index (χ1) is 7.02. The molecule has 0 amide bonds. The van der Waals surface area contributed by atoms with E-state index in [-0.39, 0.29) is 12.2 Å². The van der Waals surface area contributed by atoms with Crippen molar-refractivity contribution in [3.05, 3.63) is 0 Å². The molecular weight excluding hydrogens is 212 g/mol. The highest BCUT2D eigenvalue weighted by Gasteiger charge is 2.09. The second kappa shape index (κ2) is 8.38. The van der Waals surface area contributed by atoms with Crippen LogP contribution in [0, 0.1) is 0 Å². The van der Waals surface area contributed by atoms with Gasteiger partial charge in [-0.15, -0.1) is 0 Å². The summed E-state index contributed by atoms with van der Waals surface area (Å²) in [6, 6.07) is 0. The van der Waals surface area contributed by atoms with E-state index in [0.717, 1.165) is 0 Å². The van der Waals surface area contributed by atoms with Crippen LogP contribution in [-0.4, -0.2) is 18.4 Å². The first-order valence-electron chi connectivity index (χ1n) is 4.23. The monoisotopic (exact) mass is 226 g/mol. The molecule has 0 aromatic rings. The summed E-state index contributed by atoms with van der Waals surface area (Å²) in [5.74, 6) is 0. The van der Waals surface area contributed by atoms with Gasteiger partial charge in [-0.25, -0.2) is 14.7 Å². The Morgan fingerprint density at radius 2 is 1.27 bits per heavy atom. The minimum Gasteiger partial charge on any atom is -0.226 e. The molecule has 0 aliphatic carbocycles. The molecular formula is C7H14O8. The molecule has 0 atom stereocenters. The molecule has 0 saturated heterocycles. The van der Waals surface area contributed by atoms with Crippen LogP contribution in [0.2, 0.25) is 0 Å². The largest absolute Gasteiger partial charge is 0.577 e. The van der Waals surface area contributed by atoms with Crippen molar-refractivity contribution in [2.75, 3.05) is 0 Å². The van der Waals surface area contributed by atoms with E-state index in [1.807, 2.05) is 0 Å². The van der Waals surface area contributed by atoms with Gasteiger partial charge in [0.15, 0.2) is 0 Å². The van der Waals surface area contributed by atoms with E-state index in [0.29, 0.717) is 0 Å². The van der Waals surface area contributed by atoms with Gasteiger partial charge in [-0.05, 0) is 37.8 Å². The molecule has 0 aromatic carbocycles. The maximum absolute atomic E-state index is 10.6. The Bertz CT molecular complexity index is 168. The molecule has 0 radical (unpaired) electrons. The van der Waals surface area contributed by atoms with Gasteiger partial charge in [0.05, 0.1) is 12.2 Å². The summed E-state index contributed by atoms with van der Waals surface area (Å²) in [5, 5.41) is 11.8. The van der Waals surface area contributed by atoms with E-state index in [4.69, 9.17) is 0 Å². The highest BCUT2D eigenvalue weighted by Crippen LogP contribution is 1.95. The zero-order chi connectivity index (χ0) is 11.7. The lowest BCUT2D eigenvalue weighted by Crippen LogP contribution is -2.13. The first-order valence-corrected chi connectivity index (χ1v) is 4.23. The van der Waals surface area contributed by atoms with Crippen molar-refractivity contribution >= 4 is 6.16 Å². The Labute approximate surface area is 86.5 Å². The fourth-order valence-electron chi connectivity index (χ4n) is 0.276. The van der Waals surface area contributed by atoms with Gasteiger partial charge >= 0.3 is 6.16 Å². The normalized spacial score (nSPS) is 10.8. The average molecular weight is 226 g/mol. The summed E-state index contributed by atoms with van der Waals surface area (Å²) in [7, 11) is 0. The van der Waals surface area contributed by atoms with Gasteiger partial charge in [-0.3, -0.25) is 0 Å². The molecule has 15 heavy (non-hydrogen) atoms. The topological polar surface area (TPSA) is 81.7 Å². The molecule has 0 rings (SSSR count). The number of rotatable bonds is 7. The predicted molar refractivity (Wildman–Crippen MR) is 43.3 cm³/mol. The van der Waals surface area contributed by atoms with Gasteiger partial charge in [-0.2, -0.15) is 9.68 Å². The van der Waals surface area contributed by atoms with Crippen LogP contribution in [0.4, 0.5) is 4.79 Å². The second-order valence-electron chi connectivity index (χ2n) is 2.91. The smallest absolute Gasteiger partial charge is 0.226 e. The standard InChI is InChI=1S/C7H14O8/c1-5(2)9-13-11-7(8)12-15-14-10-6(3)4/h5-6H,1-4H3.